The van der Waals surface area contributed by atoms with E-state index in [0.29, 0.717) is 11.5 Å². The highest BCUT2D eigenvalue weighted by molar-refractivity contribution is 6.01. The first-order valence-electron chi connectivity index (χ1n) is 6.36. The third kappa shape index (κ3) is 1.78. The van der Waals surface area contributed by atoms with Gasteiger partial charge in [-0.05, 0) is 31.4 Å². The Morgan fingerprint density at radius 1 is 1.28 bits per heavy atom. The number of fused-ring (bicyclic) bond motifs is 1. The molecule has 0 spiro atoms. The Bertz CT molecular complexity index is 498. The lowest BCUT2D eigenvalue weighted by atomic mass is 9.89. The van der Waals surface area contributed by atoms with Gasteiger partial charge >= 0.3 is 0 Å². The van der Waals surface area contributed by atoms with Crippen LogP contribution in [-0.4, -0.2) is 17.1 Å². The SMILES string of the molecule is NN1C(=O)c2ccccc2N[C@H]1[C@@H]1CC=CCC1. The van der Waals surface area contributed by atoms with Crippen LogP contribution in [0.25, 0.3) is 0 Å². The minimum Gasteiger partial charge on any atom is -0.363 e. The number of anilines is 1. The second-order valence-corrected chi connectivity index (χ2v) is 4.89. The topological polar surface area (TPSA) is 58.4 Å². The molecule has 0 bridgehead atoms. The lowest BCUT2D eigenvalue weighted by Gasteiger charge is -2.39. The average Bonchev–Trinajstić information content (AvgIpc) is 2.44. The molecule has 1 aliphatic carbocycles. The highest BCUT2D eigenvalue weighted by atomic mass is 16.2. The highest BCUT2D eigenvalue weighted by Gasteiger charge is 2.34. The van der Waals surface area contributed by atoms with Gasteiger partial charge in [0, 0.05) is 11.6 Å². The quantitative estimate of drug-likeness (QED) is 0.451. The standard InChI is InChI=1S/C14H17N3O/c15-17-13(10-6-2-1-3-7-10)16-12-9-5-4-8-11(12)14(17)18/h1-2,4-5,8-10,13,16H,3,6-7,15H2/t10-,13-/m1/s1. The van der Waals surface area contributed by atoms with Gasteiger partial charge in [0.05, 0.1) is 5.56 Å². The van der Waals surface area contributed by atoms with Crippen molar-refractivity contribution in [1.29, 1.82) is 0 Å². The molecule has 3 N–H and O–H groups in total. The minimum absolute atomic E-state index is 0.0936. The molecule has 94 valence electrons. The monoisotopic (exact) mass is 243 g/mol. The van der Waals surface area contributed by atoms with Crippen molar-refractivity contribution in [3.8, 4) is 0 Å². The number of hydrazine groups is 1. The first-order valence-corrected chi connectivity index (χ1v) is 6.36. The molecule has 0 saturated heterocycles. The van der Waals surface area contributed by atoms with E-state index in [1.807, 2.05) is 24.3 Å². The summed E-state index contributed by atoms with van der Waals surface area (Å²) in [6.07, 6.45) is 7.37. The van der Waals surface area contributed by atoms with E-state index in [4.69, 9.17) is 5.84 Å². The van der Waals surface area contributed by atoms with Crippen LogP contribution in [0, 0.1) is 5.92 Å². The fourth-order valence-corrected chi connectivity index (χ4v) is 2.74. The Balaban J connectivity index is 1.90. The van der Waals surface area contributed by atoms with Gasteiger partial charge in [-0.2, -0.15) is 0 Å². The molecule has 1 aromatic rings. The van der Waals surface area contributed by atoms with Crippen LogP contribution in [0.15, 0.2) is 36.4 Å². The number of hydrogen-bond donors (Lipinski definition) is 2. The number of para-hydroxylation sites is 1. The fourth-order valence-electron chi connectivity index (χ4n) is 2.74. The van der Waals surface area contributed by atoms with Crippen LogP contribution >= 0.6 is 0 Å². The average molecular weight is 243 g/mol. The fraction of sp³-hybridized carbons (Fsp3) is 0.357. The Morgan fingerprint density at radius 3 is 2.89 bits per heavy atom. The van der Waals surface area contributed by atoms with Crippen molar-refractivity contribution in [2.24, 2.45) is 11.8 Å². The van der Waals surface area contributed by atoms with Crippen LogP contribution in [0.1, 0.15) is 29.6 Å². The predicted octanol–water partition coefficient (Wildman–Crippen LogP) is 2.11. The Morgan fingerprint density at radius 2 is 2.11 bits per heavy atom. The van der Waals surface area contributed by atoms with Crippen molar-refractivity contribution >= 4 is 11.6 Å². The van der Waals surface area contributed by atoms with Crippen molar-refractivity contribution in [2.45, 2.75) is 25.4 Å². The zero-order valence-corrected chi connectivity index (χ0v) is 10.2. The summed E-state index contributed by atoms with van der Waals surface area (Å²) < 4.78 is 0. The number of allylic oxidation sites excluding steroid dienone is 2. The minimum atomic E-state index is -0.0997. The lowest BCUT2D eigenvalue weighted by Crippen LogP contribution is -2.56. The van der Waals surface area contributed by atoms with E-state index in [0.717, 1.165) is 24.9 Å². The predicted molar refractivity (Wildman–Crippen MR) is 70.7 cm³/mol. The first-order chi connectivity index (χ1) is 8.77. The van der Waals surface area contributed by atoms with Gasteiger partial charge in [0.2, 0.25) is 0 Å². The number of nitrogens with zero attached hydrogens (tertiary/aromatic N) is 1. The summed E-state index contributed by atoms with van der Waals surface area (Å²) in [5.41, 5.74) is 1.55. The van der Waals surface area contributed by atoms with Gasteiger partial charge in [-0.3, -0.25) is 9.80 Å². The molecule has 2 aliphatic rings. The molecule has 1 heterocycles. The summed E-state index contributed by atoms with van der Waals surface area (Å²) in [6.45, 7) is 0. The van der Waals surface area contributed by atoms with Gasteiger partial charge in [0.1, 0.15) is 6.17 Å². The number of nitrogens with two attached hydrogens (primary N) is 1. The number of benzene rings is 1. The van der Waals surface area contributed by atoms with Crippen molar-refractivity contribution < 1.29 is 4.79 Å². The van der Waals surface area contributed by atoms with Crippen LogP contribution in [0.2, 0.25) is 0 Å². The number of amides is 1. The van der Waals surface area contributed by atoms with Gasteiger partial charge in [-0.15, -0.1) is 0 Å². The molecule has 0 fully saturated rings. The normalized spacial score (nSPS) is 26.7. The van der Waals surface area contributed by atoms with E-state index in [-0.39, 0.29) is 12.1 Å². The molecular formula is C14H17N3O. The Hall–Kier alpha value is -1.81. The molecular weight excluding hydrogens is 226 g/mol. The molecule has 2 atom stereocenters. The lowest BCUT2D eigenvalue weighted by molar-refractivity contribution is 0.0613. The Kier molecular flexibility index (Phi) is 2.80. The number of hydrogen-bond acceptors (Lipinski definition) is 3. The summed E-state index contributed by atoms with van der Waals surface area (Å²) in [4.78, 5) is 12.2. The van der Waals surface area contributed by atoms with Crippen molar-refractivity contribution in [3.63, 3.8) is 0 Å². The molecule has 1 aliphatic heterocycles. The third-order valence-electron chi connectivity index (χ3n) is 3.75. The molecule has 18 heavy (non-hydrogen) atoms. The second kappa shape index (κ2) is 4.46. The number of carbonyl (C=O) groups excluding carboxylic acids is 1. The molecule has 0 saturated carbocycles. The number of nitrogens with one attached hydrogen (secondary N) is 1. The smallest absolute Gasteiger partial charge is 0.271 e. The van der Waals surface area contributed by atoms with E-state index >= 15 is 0 Å². The summed E-state index contributed by atoms with van der Waals surface area (Å²) in [5, 5.41) is 4.75. The summed E-state index contributed by atoms with van der Waals surface area (Å²) in [5.74, 6) is 6.26. The maximum Gasteiger partial charge on any atom is 0.271 e. The van der Waals surface area contributed by atoms with Crippen LogP contribution in [0.3, 0.4) is 0 Å². The van der Waals surface area contributed by atoms with Crippen molar-refractivity contribution in [1.82, 2.24) is 5.01 Å². The number of rotatable bonds is 1. The van der Waals surface area contributed by atoms with Gasteiger partial charge < -0.3 is 5.32 Å². The first kappa shape index (κ1) is 11.3. The maximum atomic E-state index is 12.2. The van der Waals surface area contributed by atoms with Gasteiger partial charge in [0.15, 0.2) is 0 Å². The largest absolute Gasteiger partial charge is 0.363 e. The van der Waals surface area contributed by atoms with Gasteiger partial charge in [0.25, 0.3) is 5.91 Å². The van der Waals surface area contributed by atoms with Crippen LogP contribution in [-0.2, 0) is 0 Å². The van der Waals surface area contributed by atoms with Gasteiger partial charge in [-0.1, -0.05) is 24.3 Å². The van der Waals surface area contributed by atoms with E-state index in [1.54, 1.807) is 0 Å². The van der Waals surface area contributed by atoms with Crippen LogP contribution < -0.4 is 11.2 Å². The van der Waals surface area contributed by atoms with Crippen molar-refractivity contribution in [2.75, 3.05) is 5.32 Å². The highest BCUT2D eigenvalue weighted by Crippen LogP contribution is 2.31. The molecule has 3 rings (SSSR count). The molecule has 0 radical (unpaired) electrons. The molecule has 0 unspecified atom stereocenters. The summed E-state index contributed by atoms with van der Waals surface area (Å²) in [7, 11) is 0. The second-order valence-electron chi connectivity index (χ2n) is 4.89. The van der Waals surface area contributed by atoms with Crippen LogP contribution in [0.4, 0.5) is 5.69 Å². The van der Waals surface area contributed by atoms with Crippen molar-refractivity contribution in [3.05, 3.63) is 42.0 Å². The Labute approximate surface area is 106 Å². The zero-order valence-electron chi connectivity index (χ0n) is 10.2. The van der Waals surface area contributed by atoms with E-state index in [9.17, 15) is 4.79 Å². The van der Waals surface area contributed by atoms with Gasteiger partial charge in [-0.25, -0.2) is 5.84 Å². The number of carbonyl (C=O) groups is 1. The van der Waals surface area contributed by atoms with E-state index in [2.05, 4.69) is 17.5 Å². The molecule has 0 aromatic heterocycles. The van der Waals surface area contributed by atoms with E-state index in [1.165, 1.54) is 5.01 Å². The summed E-state index contributed by atoms with van der Waals surface area (Å²) >= 11 is 0. The van der Waals surface area contributed by atoms with Crippen LogP contribution in [0.5, 0.6) is 0 Å². The van der Waals surface area contributed by atoms with E-state index < -0.39 is 0 Å². The molecule has 4 nitrogen and oxygen atoms in total. The molecule has 1 aromatic carbocycles. The molecule has 1 amide bonds. The zero-order chi connectivity index (χ0) is 12.5. The summed E-state index contributed by atoms with van der Waals surface area (Å²) in [6, 6.07) is 7.53. The maximum absolute atomic E-state index is 12.2. The third-order valence-corrected chi connectivity index (χ3v) is 3.75. The molecule has 4 heteroatoms.